The molecule has 1 unspecified atom stereocenters. The standard InChI is InChI=1S/C17H32N4O3/c1-15(2)10-17(11-16(3,4)19-15)13(23)20(14(24)18-17)8-12(22)9-21(5,6)7/h12,19,22H,8-11H2,1-7H3/p+2. The number of rotatable bonds is 4. The molecule has 24 heavy (non-hydrogen) atoms. The number of β-amino-alcohol motifs (C(OH)–C–C–N with tert-alkyl or cyclic N) is 1. The molecule has 2 saturated heterocycles. The highest BCUT2D eigenvalue weighted by Crippen LogP contribution is 2.35. The highest BCUT2D eigenvalue weighted by molar-refractivity contribution is 6.07. The second-order valence-electron chi connectivity index (χ2n) is 10.0. The van der Waals surface area contributed by atoms with Crippen molar-refractivity contribution < 1.29 is 24.5 Å². The van der Waals surface area contributed by atoms with Gasteiger partial charge in [-0.3, -0.25) is 9.69 Å². The minimum absolute atomic E-state index is 0.0481. The van der Waals surface area contributed by atoms with Gasteiger partial charge < -0.3 is 20.2 Å². The van der Waals surface area contributed by atoms with Gasteiger partial charge in [0, 0.05) is 12.8 Å². The van der Waals surface area contributed by atoms with Crippen molar-refractivity contribution in [2.75, 3.05) is 34.2 Å². The summed E-state index contributed by atoms with van der Waals surface area (Å²) >= 11 is 0. The molecule has 1 atom stereocenters. The summed E-state index contributed by atoms with van der Waals surface area (Å²) in [7, 11) is 5.91. The van der Waals surface area contributed by atoms with Gasteiger partial charge in [-0.1, -0.05) is 0 Å². The van der Waals surface area contributed by atoms with Gasteiger partial charge in [0.2, 0.25) is 0 Å². The van der Waals surface area contributed by atoms with E-state index in [-0.39, 0.29) is 29.6 Å². The van der Waals surface area contributed by atoms with Crippen molar-refractivity contribution >= 4 is 11.9 Å². The van der Waals surface area contributed by atoms with Crippen LogP contribution in [0.4, 0.5) is 4.79 Å². The van der Waals surface area contributed by atoms with E-state index < -0.39 is 11.6 Å². The number of aliphatic hydroxyl groups is 1. The molecule has 2 fully saturated rings. The van der Waals surface area contributed by atoms with Gasteiger partial charge in [0.15, 0.2) is 0 Å². The topological polar surface area (TPSA) is 86.2 Å². The number of carbonyl (C=O) groups is 2. The quantitative estimate of drug-likeness (QED) is 0.465. The van der Waals surface area contributed by atoms with E-state index in [4.69, 9.17) is 0 Å². The molecular formula is C17H34N4O3+2. The van der Waals surface area contributed by atoms with Crippen LogP contribution in [-0.4, -0.2) is 83.4 Å². The van der Waals surface area contributed by atoms with E-state index in [1.165, 1.54) is 4.90 Å². The maximum atomic E-state index is 13.1. The summed E-state index contributed by atoms with van der Waals surface area (Å²) in [6, 6.07) is -0.381. The first-order valence-electron chi connectivity index (χ1n) is 8.65. The van der Waals surface area contributed by atoms with Crippen molar-refractivity contribution in [3.63, 3.8) is 0 Å². The predicted octanol–water partition coefficient (Wildman–Crippen LogP) is -0.741. The number of urea groups is 1. The number of amides is 3. The molecule has 4 N–H and O–H groups in total. The Morgan fingerprint density at radius 1 is 1.17 bits per heavy atom. The van der Waals surface area contributed by atoms with E-state index in [9.17, 15) is 14.7 Å². The van der Waals surface area contributed by atoms with E-state index in [0.717, 1.165) is 0 Å². The lowest BCUT2D eigenvalue weighted by Crippen LogP contribution is -3.07. The number of hydrogen-bond acceptors (Lipinski definition) is 3. The number of hydrogen-bond donors (Lipinski definition) is 3. The van der Waals surface area contributed by atoms with Gasteiger partial charge in [-0.25, -0.2) is 4.79 Å². The minimum Gasteiger partial charge on any atom is -0.385 e. The average molecular weight is 342 g/mol. The first-order chi connectivity index (χ1) is 10.6. The molecule has 2 heterocycles. The lowest BCUT2D eigenvalue weighted by Gasteiger charge is -2.46. The molecule has 0 saturated carbocycles. The number of quaternary nitrogens is 2. The van der Waals surface area contributed by atoms with Crippen LogP contribution in [0.2, 0.25) is 0 Å². The Hall–Kier alpha value is -1.18. The number of imide groups is 1. The zero-order chi connectivity index (χ0) is 18.6. The Morgan fingerprint density at radius 2 is 1.67 bits per heavy atom. The van der Waals surface area contributed by atoms with Gasteiger partial charge in [0.25, 0.3) is 5.91 Å². The van der Waals surface area contributed by atoms with Crippen LogP contribution < -0.4 is 10.6 Å². The molecule has 2 aliphatic rings. The first kappa shape index (κ1) is 19.1. The Morgan fingerprint density at radius 3 is 2.12 bits per heavy atom. The third-order valence-electron chi connectivity index (χ3n) is 4.69. The van der Waals surface area contributed by atoms with Crippen molar-refractivity contribution in [1.82, 2.24) is 10.2 Å². The van der Waals surface area contributed by atoms with Crippen LogP contribution in [0.25, 0.3) is 0 Å². The summed E-state index contributed by atoms with van der Waals surface area (Å²) in [5, 5.41) is 15.5. The van der Waals surface area contributed by atoms with Crippen molar-refractivity contribution in [2.45, 2.75) is 63.3 Å². The highest BCUT2D eigenvalue weighted by Gasteiger charge is 2.60. The summed E-state index contributed by atoms with van der Waals surface area (Å²) in [5.41, 5.74) is -1.13. The molecule has 2 rings (SSSR count). The summed E-state index contributed by atoms with van der Waals surface area (Å²) in [6.45, 7) is 8.93. The van der Waals surface area contributed by atoms with Crippen molar-refractivity contribution in [3.05, 3.63) is 0 Å². The predicted molar refractivity (Wildman–Crippen MR) is 91.2 cm³/mol. The fourth-order valence-electron chi connectivity index (χ4n) is 4.76. The van der Waals surface area contributed by atoms with Gasteiger partial charge in [-0.15, -0.1) is 0 Å². The van der Waals surface area contributed by atoms with Gasteiger partial charge in [0.05, 0.1) is 38.8 Å². The summed E-state index contributed by atoms with van der Waals surface area (Å²) in [4.78, 5) is 26.7. The SMILES string of the molecule is CC1(C)CC2(CC(C)(C)[NH2+]1)NC(=O)N(CC(O)C[N+](C)(C)C)C2=O. The second-order valence-corrected chi connectivity index (χ2v) is 10.0. The summed E-state index contributed by atoms with van der Waals surface area (Å²) in [5.74, 6) is -0.192. The lowest BCUT2D eigenvalue weighted by molar-refractivity contribution is -0.873. The monoisotopic (exact) mass is 342 g/mol. The zero-order valence-corrected chi connectivity index (χ0v) is 16.1. The van der Waals surface area contributed by atoms with Crippen LogP contribution in [0.1, 0.15) is 40.5 Å². The maximum absolute atomic E-state index is 13.1. The molecule has 2 aliphatic heterocycles. The molecule has 0 bridgehead atoms. The normalized spacial score (nSPS) is 26.6. The fraction of sp³-hybridized carbons (Fsp3) is 0.882. The van der Waals surface area contributed by atoms with E-state index in [0.29, 0.717) is 23.9 Å². The first-order valence-corrected chi connectivity index (χ1v) is 8.65. The summed E-state index contributed by atoms with van der Waals surface area (Å²) < 4.78 is 0.574. The van der Waals surface area contributed by atoms with Crippen LogP contribution in [0, 0.1) is 0 Å². The smallest absolute Gasteiger partial charge is 0.325 e. The number of nitrogens with zero attached hydrogens (tertiary/aromatic N) is 2. The maximum Gasteiger partial charge on any atom is 0.325 e. The van der Waals surface area contributed by atoms with Gasteiger partial charge in [-0.2, -0.15) is 0 Å². The molecule has 7 heteroatoms. The molecule has 0 aromatic rings. The summed E-state index contributed by atoms with van der Waals surface area (Å²) in [6.07, 6.45) is 0.456. The van der Waals surface area contributed by atoms with Crippen LogP contribution in [0.3, 0.4) is 0 Å². The van der Waals surface area contributed by atoms with Crippen molar-refractivity contribution in [2.24, 2.45) is 0 Å². The molecule has 1 spiro atoms. The van der Waals surface area contributed by atoms with Crippen LogP contribution >= 0.6 is 0 Å². The molecule has 138 valence electrons. The minimum atomic E-state index is -0.852. The van der Waals surface area contributed by atoms with E-state index in [2.05, 4.69) is 38.3 Å². The van der Waals surface area contributed by atoms with Gasteiger partial charge in [0.1, 0.15) is 18.2 Å². The van der Waals surface area contributed by atoms with E-state index in [1.54, 1.807) is 0 Å². The van der Waals surface area contributed by atoms with E-state index >= 15 is 0 Å². The zero-order valence-electron chi connectivity index (χ0n) is 16.1. The molecular weight excluding hydrogens is 308 g/mol. The largest absolute Gasteiger partial charge is 0.385 e. The lowest BCUT2D eigenvalue weighted by atomic mass is 9.71. The van der Waals surface area contributed by atoms with Crippen molar-refractivity contribution in [1.29, 1.82) is 0 Å². The number of likely N-dealkylation sites (N-methyl/N-ethyl adjacent to an activating group) is 1. The second kappa shape index (κ2) is 5.68. The van der Waals surface area contributed by atoms with Crippen LogP contribution in [0.15, 0.2) is 0 Å². The van der Waals surface area contributed by atoms with E-state index in [1.807, 2.05) is 21.1 Å². The Bertz CT molecular complexity index is 520. The van der Waals surface area contributed by atoms with Crippen LogP contribution in [0.5, 0.6) is 0 Å². The number of piperidine rings is 1. The molecule has 0 aromatic carbocycles. The highest BCUT2D eigenvalue weighted by atomic mass is 16.3. The molecule has 0 radical (unpaired) electrons. The molecule has 7 nitrogen and oxygen atoms in total. The Kier molecular flexibility index (Phi) is 4.53. The third-order valence-corrected chi connectivity index (χ3v) is 4.69. The molecule has 0 aliphatic carbocycles. The van der Waals surface area contributed by atoms with Crippen LogP contribution in [-0.2, 0) is 4.79 Å². The Labute approximate surface area is 145 Å². The molecule has 0 aromatic heterocycles. The van der Waals surface area contributed by atoms with Crippen molar-refractivity contribution in [3.8, 4) is 0 Å². The fourth-order valence-corrected chi connectivity index (χ4v) is 4.76. The molecule has 3 amide bonds. The number of nitrogens with two attached hydrogens (primary N) is 1. The van der Waals surface area contributed by atoms with Gasteiger partial charge in [-0.05, 0) is 27.7 Å². The Balaban J connectivity index is 2.19. The average Bonchev–Trinajstić information content (AvgIpc) is 2.46. The number of aliphatic hydroxyl groups excluding tert-OH is 1. The number of nitrogens with one attached hydrogen (secondary N) is 1. The third kappa shape index (κ3) is 4.07. The number of carbonyl (C=O) groups excluding carboxylic acids is 2. The van der Waals surface area contributed by atoms with Gasteiger partial charge >= 0.3 is 6.03 Å².